The molecule has 0 radical (unpaired) electrons. The van der Waals surface area contributed by atoms with Gasteiger partial charge < -0.3 is 25.5 Å². The van der Waals surface area contributed by atoms with E-state index in [2.05, 4.69) is 22.4 Å². The predicted molar refractivity (Wildman–Crippen MR) is 136 cm³/mol. The van der Waals surface area contributed by atoms with Gasteiger partial charge in [-0.15, -0.1) is 11.3 Å². The highest BCUT2D eigenvalue weighted by molar-refractivity contribution is 7.21. The summed E-state index contributed by atoms with van der Waals surface area (Å²) in [4.78, 5) is 20.5. The fourth-order valence-electron chi connectivity index (χ4n) is 4.53. The van der Waals surface area contributed by atoms with E-state index in [1.807, 2.05) is 43.1 Å². The second-order valence-corrected chi connectivity index (χ2v) is 9.98. The third-order valence-corrected chi connectivity index (χ3v) is 7.50. The molecule has 1 aromatic carbocycles. The van der Waals surface area contributed by atoms with Crippen LogP contribution in [0.2, 0.25) is 0 Å². The van der Waals surface area contributed by atoms with Crippen LogP contribution in [0, 0.1) is 12.8 Å². The van der Waals surface area contributed by atoms with Crippen LogP contribution in [-0.4, -0.2) is 67.2 Å². The summed E-state index contributed by atoms with van der Waals surface area (Å²) in [5, 5.41) is 34.7. The molecule has 0 spiro atoms. The summed E-state index contributed by atoms with van der Waals surface area (Å²) in [5.74, 6) is 0.670. The van der Waals surface area contributed by atoms with Crippen molar-refractivity contribution < 1.29 is 15.3 Å². The second-order valence-electron chi connectivity index (χ2n) is 8.95. The maximum Gasteiger partial charge on any atom is 0.227 e. The maximum absolute atomic E-state index is 10.6. The highest BCUT2D eigenvalue weighted by Gasteiger charge is 2.41. The van der Waals surface area contributed by atoms with Gasteiger partial charge in [-0.3, -0.25) is 4.98 Å². The lowest BCUT2D eigenvalue weighted by Crippen LogP contribution is -2.36. The first-order valence-corrected chi connectivity index (χ1v) is 12.3. The van der Waals surface area contributed by atoms with Crippen LogP contribution in [0.25, 0.3) is 20.8 Å². The molecule has 10 heteroatoms. The molecule has 9 nitrogen and oxygen atoms in total. The van der Waals surface area contributed by atoms with E-state index < -0.39 is 24.2 Å². The van der Waals surface area contributed by atoms with Gasteiger partial charge in [0.25, 0.3) is 0 Å². The van der Waals surface area contributed by atoms with Gasteiger partial charge in [-0.25, -0.2) is 9.97 Å². The number of aliphatic hydroxyl groups excluding tert-OH is 3. The molecule has 4 atom stereocenters. The Morgan fingerprint density at radius 1 is 1.09 bits per heavy atom. The number of benzene rings is 1. The molecule has 1 aliphatic carbocycles. The van der Waals surface area contributed by atoms with E-state index in [1.165, 1.54) is 11.3 Å². The van der Waals surface area contributed by atoms with Crippen LogP contribution in [0.3, 0.4) is 0 Å². The Morgan fingerprint density at radius 2 is 1.89 bits per heavy atom. The minimum atomic E-state index is -1.03. The molecule has 182 valence electrons. The largest absolute Gasteiger partial charge is 0.396 e. The first-order chi connectivity index (χ1) is 16.9. The van der Waals surface area contributed by atoms with E-state index in [-0.39, 0.29) is 6.61 Å². The number of thiazole rings is 1. The van der Waals surface area contributed by atoms with E-state index >= 15 is 0 Å². The first-order valence-electron chi connectivity index (χ1n) is 11.5. The van der Waals surface area contributed by atoms with Crippen LogP contribution in [0.5, 0.6) is 0 Å². The van der Waals surface area contributed by atoms with E-state index in [1.54, 1.807) is 12.4 Å². The third kappa shape index (κ3) is 4.70. The molecule has 0 unspecified atom stereocenters. The van der Waals surface area contributed by atoms with Gasteiger partial charge in [0, 0.05) is 32.3 Å². The molecular weight excluding hydrogens is 464 g/mol. The van der Waals surface area contributed by atoms with Crippen molar-refractivity contribution in [1.29, 1.82) is 0 Å². The quantitative estimate of drug-likeness (QED) is 0.308. The first kappa shape index (κ1) is 23.6. The summed E-state index contributed by atoms with van der Waals surface area (Å²) in [5.41, 5.74) is 3.42. The topological polar surface area (TPSA) is 128 Å². The predicted octanol–water partition coefficient (Wildman–Crippen LogP) is 2.61. The van der Waals surface area contributed by atoms with Gasteiger partial charge in [-0.2, -0.15) is 4.98 Å². The van der Waals surface area contributed by atoms with Crippen LogP contribution in [-0.2, 0) is 6.54 Å². The number of pyridine rings is 1. The molecule has 5 rings (SSSR count). The SMILES string of the molecule is Cc1nc(N(C)Cc2ccccc2)nc(N[C@@H]2C[C@H](CO)[C@@H](O)[C@H]2O)c1-c1nc2cnccc2s1. The number of rotatable bonds is 7. The van der Waals surface area contributed by atoms with E-state index in [0.717, 1.165) is 32.0 Å². The Labute approximate surface area is 207 Å². The van der Waals surface area contributed by atoms with Crippen LogP contribution >= 0.6 is 11.3 Å². The van der Waals surface area contributed by atoms with E-state index in [0.29, 0.717) is 24.7 Å². The number of aryl methyl sites for hydroxylation is 1. The van der Waals surface area contributed by atoms with Crippen LogP contribution in [0.1, 0.15) is 17.7 Å². The lowest BCUT2D eigenvalue weighted by atomic mass is 10.1. The highest BCUT2D eigenvalue weighted by Crippen LogP contribution is 2.38. The molecule has 35 heavy (non-hydrogen) atoms. The van der Waals surface area contributed by atoms with Crippen LogP contribution < -0.4 is 10.2 Å². The van der Waals surface area contributed by atoms with Gasteiger partial charge >= 0.3 is 0 Å². The number of hydrogen-bond donors (Lipinski definition) is 4. The third-order valence-electron chi connectivity index (χ3n) is 6.44. The van der Waals surface area contributed by atoms with Crippen molar-refractivity contribution in [3.8, 4) is 10.6 Å². The lowest BCUT2D eigenvalue weighted by molar-refractivity contribution is 0.00446. The van der Waals surface area contributed by atoms with Crippen molar-refractivity contribution in [2.75, 3.05) is 23.9 Å². The molecular formula is C25H28N6O3S. The molecule has 0 aliphatic heterocycles. The summed E-state index contributed by atoms with van der Waals surface area (Å²) in [7, 11) is 1.94. The molecule has 0 amide bonds. The average molecular weight is 493 g/mol. The zero-order valence-corrected chi connectivity index (χ0v) is 20.4. The van der Waals surface area contributed by atoms with Gasteiger partial charge in [0.15, 0.2) is 0 Å². The number of hydrogen-bond acceptors (Lipinski definition) is 10. The zero-order valence-electron chi connectivity index (χ0n) is 19.5. The Hall–Kier alpha value is -3.18. The van der Waals surface area contributed by atoms with Crippen LogP contribution in [0.15, 0.2) is 48.8 Å². The number of fused-ring (bicyclic) bond motifs is 1. The van der Waals surface area contributed by atoms with Gasteiger partial charge in [-0.1, -0.05) is 30.3 Å². The van der Waals surface area contributed by atoms with Crippen LogP contribution in [0.4, 0.5) is 11.8 Å². The lowest BCUT2D eigenvalue weighted by Gasteiger charge is -2.23. The molecule has 1 saturated carbocycles. The number of aliphatic hydroxyl groups is 3. The van der Waals surface area contributed by atoms with Gasteiger partial charge in [0.05, 0.1) is 34.3 Å². The summed E-state index contributed by atoms with van der Waals surface area (Å²) < 4.78 is 1.00. The maximum atomic E-state index is 10.6. The molecule has 1 aliphatic rings. The Morgan fingerprint density at radius 3 is 2.60 bits per heavy atom. The van der Waals surface area contributed by atoms with Crippen molar-refractivity contribution in [2.45, 2.75) is 38.1 Å². The second kappa shape index (κ2) is 9.82. The molecule has 4 N–H and O–H groups in total. The monoisotopic (exact) mass is 492 g/mol. The highest BCUT2D eigenvalue weighted by atomic mass is 32.1. The molecule has 0 bridgehead atoms. The molecule has 1 fully saturated rings. The number of nitrogens with zero attached hydrogens (tertiary/aromatic N) is 5. The number of nitrogens with one attached hydrogen (secondary N) is 1. The zero-order chi connectivity index (χ0) is 24.5. The Balaban J connectivity index is 1.55. The molecule has 4 aromatic rings. The van der Waals surface area contributed by atoms with E-state index in [9.17, 15) is 15.3 Å². The van der Waals surface area contributed by atoms with Crippen molar-refractivity contribution in [1.82, 2.24) is 19.9 Å². The minimum Gasteiger partial charge on any atom is -0.396 e. The summed E-state index contributed by atoms with van der Waals surface area (Å²) in [6.07, 6.45) is 1.85. The van der Waals surface area contributed by atoms with E-state index in [4.69, 9.17) is 15.0 Å². The van der Waals surface area contributed by atoms with Gasteiger partial charge in [0.2, 0.25) is 5.95 Å². The normalized spacial score (nSPS) is 22.0. The molecule has 3 aromatic heterocycles. The number of anilines is 2. The van der Waals surface area contributed by atoms with Crippen molar-refractivity contribution in [2.24, 2.45) is 5.92 Å². The molecule has 0 saturated heterocycles. The van der Waals surface area contributed by atoms with Gasteiger partial charge in [-0.05, 0) is 25.0 Å². The summed E-state index contributed by atoms with van der Waals surface area (Å²) >= 11 is 1.52. The average Bonchev–Trinajstić information content (AvgIpc) is 3.40. The Kier molecular flexibility index (Phi) is 6.61. The fraction of sp³-hybridized carbons (Fsp3) is 0.360. The van der Waals surface area contributed by atoms with Crippen molar-refractivity contribution in [3.63, 3.8) is 0 Å². The summed E-state index contributed by atoms with van der Waals surface area (Å²) in [6.45, 7) is 2.36. The van der Waals surface area contributed by atoms with Crippen molar-refractivity contribution >= 4 is 33.3 Å². The minimum absolute atomic E-state index is 0.192. The van der Waals surface area contributed by atoms with Crippen molar-refractivity contribution in [3.05, 3.63) is 60.0 Å². The summed E-state index contributed by atoms with van der Waals surface area (Å²) in [6, 6.07) is 11.5. The van der Waals surface area contributed by atoms with Gasteiger partial charge in [0.1, 0.15) is 22.4 Å². The molecule has 3 heterocycles. The Bertz CT molecular complexity index is 1280. The standard InChI is InChI=1S/C25H28N6O3S/c1-14-20(24-29-18-11-26-9-8-19(18)35-24)23(28-17-10-16(13-32)21(33)22(17)34)30-25(27-14)31(2)12-15-6-4-3-5-7-15/h3-9,11,16-17,21-22,32-34H,10,12-13H2,1-2H3,(H,27,28,30)/t16-,17-,21-,22+/m1/s1. The number of aromatic nitrogens is 4. The fourth-order valence-corrected chi connectivity index (χ4v) is 5.56. The smallest absolute Gasteiger partial charge is 0.227 e.